The second-order valence-electron chi connectivity index (χ2n) is 5.94. The fourth-order valence-electron chi connectivity index (χ4n) is 2.51. The molecule has 1 unspecified atom stereocenters. The van der Waals surface area contributed by atoms with Crippen LogP contribution in [0.15, 0.2) is 24.4 Å². The molecular weight excluding hydrogens is 338 g/mol. The summed E-state index contributed by atoms with van der Waals surface area (Å²) in [5.74, 6) is -1.29. The number of amides is 2. The Morgan fingerprint density at radius 3 is 2.73 bits per heavy atom. The highest BCUT2D eigenvalue weighted by molar-refractivity contribution is 5.95. The molecule has 2 heterocycles. The Morgan fingerprint density at radius 1 is 1.27 bits per heavy atom. The van der Waals surface area contributed by atoms with Crippen LogP contribution in [0.5, 0.6) is 0 Å². The van der Waals surface area contributed by atoms with E-state index in [2.05, 4.69) is 15.6 Å². The van der Waals surface area contributed by atoms with E-state index < -0.39 is 30.1 Å². The molecule has 142 valence electrons. The SMILES string of the molecule is CCC[C@H](NC(=O)C1O[C@@H]1C(=O)OCC)C(=O)NCCc1ccccn1. The molecule has 0 bridgehead atoms. The molecule has 1 aromatic heterocycles. The second-order valence-corrected chi connectivity index (χ2v) is 5.94. The van der Waals surface area contributed by atoms with Gasteiger partial charge in [-0.05, 0) is 25.5 Å². The molecule has 2 N–H and O–H groups in total. The fourth-order valence-corrected chi connectivity index (χ4v) is 2.51. The Hall–Kier alpha value is -2.48. The molecule has 0 saturated carbocycles. The summed E-state index contributed by atoms with van der Waals surface area (Å²) in [6.45, 7) is 4.26. The number of esters is 1. The van der Waals surface area contributed by atoms with Crippen molar-refractivity contribution in [2.45, 2.75) is 51.4 Å². The maximum atomic E-state index is 12.3. The summed E-state index contributed by atoms with van der Waals surface area (Å²) in [7, 11) is 0. The molecule has 8 heteroatoms. The van der Waals surface area contributed by atoms with Crippen LogP contribution in [-0.2, 0) is 30.3 Å². The van der Waals surface area contributed by atoms with Gasteiger partial charge in [0.2, 0.25) is 5.91 Å². The van der Waals surface area contributed by atoms with Crippen molar-refractivity contribution in [3.8, 4) is 0 Å². The summed E-state index contributed by atoms with van der Waals surface area (Å²) in [4.78, 5) is 40.2. The van der Waals surface area contributed by atoms with Crippen LogP contribution in [0, 0.1) is 0 Å². The van der Waals surface area contributed by atoms with E-state index in [1.807, 2.05) is 25.1 Å². The lowest BCUT2D eigenvalue weighted by molar-refractivity contribution is -0.144. The summed E-state index contributed by atoms with van der Waals surface area (Å²) < 4.78 is 9.88. The third-order valence-corrected chi connectivity index (χ3v) is 3.89. The summed E-state index contributed by atoms with van der Waals surface area (Å²) in [5, 5.41) is 5.46. The van der Waals surface area contributed by atoms with Crippen LogP contribution in [-0.4, -0.2) is 54.2 Å². The lowest BCUT2D eigenvalue weighted by atomic mass is 10.1. The minimum Gasteiger partial charge on any atom is -0.464 e. The number of epoxide rings is 1. The largest absolute Gasteiger partial charge is 0.464 e. The zero-order valence-corrected chi connectivity index (χ0v) is 15.1. The van der Waals surface area contributed by atoms with Crippen molar-refractivity contribution in [1.82, 2.24) is 15.6 Å². The van der Waals surface area contributed by atoms with Crippen molar-refractivity contribution >= 4 is 17.8 Å². The first kappa shape index (κ1) is 19.8. The molecule has 0 aromatic carbocycles. The van der Waals surface area contributed by atoms with Crippen molar-refractivity contribution in [2.24, 2.45) is 0 Å². The average Bonchev–Trinajstić information content (AvgIpc) is 3.43. The van der Waals surface area contributed by atoms with Crippen LogP contribution in [0.1, 0.15) is 32.4 Å². The van der Waals surface area contributed by atoms with Gasteiger partial charge >= 0.3 is 5.97 Å². The smallest absolute Gasteiger partial charge is 0.338 e. The number of pyridine rings is 1. The Balaban J connectivity index is 1.79. The zero-order chi connectivity index (χ0) is 18.9. The normalized spacial score (nSPS) is 19.3. The quantitative estimate of drug-likeness (QED) is 0.459. The van der Waals surface area contributed by atoms with E-state index in [-0.39, 0.29) is 12.5 Å². The van der Waals surface area contributed by atoms with Crippen LogP contribution in [0.2, 0.25) is 0 Å². The van der Waals surface area contributed by atoms with Crippen LogP contribution in [0.4, 0.5) is 0 Å². The van der Waals surface area contributed by atoms with Gasteiger partial charge in [0.1, 0.15) is 6.04 Å². The Labute approximate surface area is 152 Å². The van der Waals surface area contributed by atoms with Crippen molar-refractivity contribution in [2.75, 3.05) is 13.2 Å². The number of rotatable bonds is 10. The van der Waals surface area contributed by atoms with Crippen LogP contribution in [0.3, 0.4) is 0 Å². The predicted octanol–water partition coefficient (Wildman–Crippen LogP) is 0.356. The molecule has 0 aliphatic carbocycles. The molecule has 0 spiro atoms. The number of aromatic nitrogens is 1. The first-order chi connectivity index (χ1) is 12.6. The number of nitrogens with one attached hydrogen (secondary N) is 2. The molecule has 8 nitrogen and oxygen atoms in total. The third kappa shape index (κ3) is 5.80. The molecule has 3 atom stereocenters. The van der Waals surface area contributed by atoms with E-state index >= 15 is 0 Å². The number of carbonyl (C=O) groups excluding carboxylic acids is 3. The molecule has 2 amide bonds. The summed E-state index contributed by atoms with van der Waals surface area (Å²) >= 11 is 0. The molecule has 2 rings (SSSR count). The standard InChI is InChI=1S/C18H25N3O5/c1-3-7-13(16(22)20-11-9-12-8-5-6-10-19-12)21-17(23)14-15(26-14)18(24)25-4-2/h5-6,8,10,13-15H,3-4,7,9,11H2,1-2H3,(H,20,22)(H,21,23)/t13-,14?,15-/m0/s1. The number of ether oxygens (including phenoxy) is 2. The number of hydrogen-bond donors (Lipinski definition) is 2. The molecule has 1 aliphatic rings. The summed E-state index contributed by atoms with van der Waals surface area (Å²) in [6, 6.07) is 4.94. The van der Waals surface area contributed by atoms with Gasteiger partial charge in [-0.25, -0.2) is 4.79 Å². The molecule has 1 fully saturated rings. The predicted molar refractivity (Wildman–Crippen MR) is 93.1 cm³/mol. The van der Waals surface area contributed by atoms with Gasteiger partial charge < -0.3 is 20.1 Å². The van der Waals surface area contributed by atoms with E-state index in [4.69, 9.17) is 9.47 Å². The second kappa shape index (κ2) is 9.86. The average molecular weight is 363 g/mol. The maximum Gasteiger partial charge on any atom is 0.338 e. The molecular formula is C18H25N3O5. The number of nitrogens with zero attached hydrogens (tertiary/aromatic N) is 1. The van der Waals surface area contributed by atoms with E-state index in [0.29, 0.717) is 19.4 Å². The van der Waals surface area contributed by atoms with Gasteiger partial charge in [0.05, 0.1) is 6.61 Å². The monoisotopic (exact) mass is 363 g/mol. The highest BCUT2D eigenvalue weighted by Crippen LogP contribution is 2.23. The van der Waals surface area contributed by atoms with Gasteiger partial charge in [0, 0.05) is 24.9 Å². The molecule has 26 heavy (non-hydrogen) atoms. The number of carbonyl (C=O) groups is 3. The molecule has 1 aromatic rings. The highest BCUT2D eigenvalue weighted by Gasteiger charge is 2.52. The van der Waals surface area contributed by atoms with E-state index in [9.17, 15) is 14.4 Å². The molecule has 0 radical (unpaired) electrons. The van der Waals surface area contributed by atoms with Gasteiger partial charge in [-0.15, -0.1) is 0 Å². The molecule has 1 saturated heterocycles. The van der Waals surface area contributed by atoms with E-state index in [1.54, 1.807) is 13.1 Å². The zero-order valence-electron chi connectivity index (χ0n) is 15.1. The highest BCUT2D eigenvalue weighted by atomic mass is 16.6. The summed E-state index contributed by atoms with van der Waals surface area (Å²) in [5.41, 5.74) is 0.882. The van der Waals surface area contributed by atoms with Gasteiger partial charge in [-0.1, -0.05) is 19.4 Å². The van der Waals surface area contributed by atoms with Crippen molar-refractivity contribution in [1.29, 1.82) is 0 Å². The Morgan fingerprint density at radius 2 is 2.08 bits per heavy atom. The maximum absolute atomic E-state index is 12.3. The first-order valence-corrected chi connectivity index (χ1v) is 8.86. The fraction of sp³-hybridized carbons (Fsp3) is 0.556. The topological polar surface area (TPSA) is 110 Å². The van der Waals surface area contributed by atoms with Gasteiger partial charge in [-0.3, -0.25) is 14.6 Å². The van der Waals surface area contributed by atoms with E-state index in [0.717, 1.165) is 12.1 Å². The Bertz CT molecular complexity index is 623. The number of hydrogen-bond acceptors (Lipinski definition) is 6. The van der Waals surface area contributed by atoms with E-state index in [1.165, 1.54) is 0 Å². The van der Waals surface area contributed by atoms with Gasteiger partial charge in [-0.2, -0.15) is 0 Å². The lowest BCUT2D eigenvalue weighted by Gasteiger charge is -2.17. The van der Waals surface area contributed by atoms with Crippen molar-refractivity contribution < 1.29 is 23.9 Å². The van der Waals surface area contributed by atoms with Crippen LogP contribution in [0.25, 0.3) is 0 Å². The van der Waals surface area contributed by atoms with Gasteiger partial charge in [0.25, 0.3) is 5.91 Å². The van der Waals surface area contributed by atoms with Gasteiger partial charge in [0.15, 0.2) is 12.2 Å². The first-order valence-electron chi connectivity index (χ1n) is 8.86. The third-order valence-electron chi connectivity index (χ3n) is 3.89. The van der Waals surface area contributed by atoms with Crippen molar-refractivity contribution in [3.05, 3.63) is 30.1 Å². The Kier molecular flexibility index (Phi) is 7.53. The van der Waals surface area contributed by atoms with Crippen LogP contribution >= 0.6 is 0 Å². The minimum absolute atomic E-state index is 0.226. The minimum atomic E-state index is -0.880. The van der Waals surface area contributed by atoms with Crippen molar-refractivity contribution in [3.63, 3.8) is 0 Å². The summed E-state index contributed by atoms with van der Waals surface area (Å²) in [6.07, 6.45) is 1.78. The van der Waals surface area contributed by atoms with Crippen LogP contribution < -0.4 is 10.6 Å². The molecule has 1 aliphatic heterocycles. The lowest BCUT2D eigenvalue weighted by Crippen LogP contribution is -2.48.